The van der Waals surface area contributed by atoms with Crippen molar-refractivity contribution in [1.29, 1.82) is 0 Å². The van der Waals surface area contributed by atoms with Gasteiger partial charge in [-0.3, -0.25) is 19.3 Å². The van der Waals surface area contributed by atoms with Gasteiger partial charge < -0.3 is 15.0 Å². The number of aryl methyl sites for hydroxylation is 1. The lowest BCUT2D eigenvalue weighted by Crippen LogP contribution is -2.39. The normalized spacial score (nSPS) is 17.5. The first-order valence-electron chi connectivity index (χ1n) is 10.7. The number of nitrogens with one attached hydrogen (secondary N) is 1. The SMILES string of the molecule is COc1ccccc1CN1C(=O)Cc2c(C)nc([C@H]3CCCN3C(=O)CNC(C)=O)nc21. The molecule has 1 aromatic carbocycles. The number of amides is 3. The summed E-state index contributed by atoms with van der Waals surface area (Å²) in [6.45, 7) is 4.15. The Balaban J connectivity index is 1.63. The standard InChI is InChI=1S/C23H27N5O4/c1-14-17-11-20(30)28(13-16-7-4-5-9-19(16)32-3)23(17)26-22(25-14)18-8-6-10-27(18)21(31)12-24-15(2)29/h4-5,7,9,18H,6,8,10-13H2,1-3H3,(H,24,29)/t18-/m1/s1. The molecule has 0 radical (unpaired) electrons. The van der Waals surface area contributed by atoms with Crippen molar-refractivity contribution >= 4 is 23.5 Å². The van der Waals surface area contributed by atoms with E-state index in [-0.39, 0.29) is 36.7 Å². The second-order valence-corrected chi connectivity index (χ2v) is 8.09. The van der Waals surface area contributed by atoms with E-state index in [1.807, 2.05) is 31.2 Å². The predicted molar refractivity (Wildman–Crippen MR) is 117 cm³/mol. The van der Waals surface area contributed by atoms with Gasteiger partial charge in [0.15, 0.2) is 5.82 Å². The number of rotatable bonds is 6. The molecule has 4 rings (SSSR count). The van der Waals surface area contributed by atoms with Crippen molar-refractivity contribution in [1.82, 2.24) is 20.2 Å². The van der Waals surface area contributed by atoms with E-state index in [2.05, 4.69) is 10.3 Å². The van der Waals surface area contributed by atoms with E-state index in [1.165, 1.54) is 6.92 Å². The Labute approximate surface area is 186 Å². The number of ether oxygens (including phenoxy) is 1. The first-order chi connectivity index (χ1) is 15.4. The number of methoxy groups -OCH3 is 1. The molecule has 1 aromatic heterocycles. The van der Waals surface area contributed by atoms with Crippen LogP contribution < -0.4 is 15.0 Å². The summed E-state index contributed by atoms with van der Waals surface area (Å²) in [5.41, 5.74) is 2.46. The molecular formula is C23H27N5O4. The van der Waals surface area contributed by atoms with Gasteiger partial charge >= 0.3 is 0 Å². The molecule has 2 aromatic rings. The number of carbonyl (C=O) groups is 3. The Hall–Kier alpha value is -3.49. The Morgan fingerprint density at radius 1 is 1.25 bits per heavy atom. The van der Waals surface area contributed by atoms with Gasteiger partial charge in [-0.15, -0.1) is 0 Å². The van der Waals surface area contributed by atoms with Gasteiger partial charge in [0, 0.05) is 30.3 Å². The van der Waals surface area contributed by atoms with Crippen LogP contribution in [0.2, 0.25) is 0 Å². The van der Waals surface area contributed by atoms with E-state index in [0.29, 0.717) is 30.5 Å². The summed E-state index contributed by atoms with van der Waals surface area (Å²) in [6.07, 6.45) is 1.83. The molecule has 1 saturated heterocycles. The second kappa shape index (κ2) is 8.94. The lowest BCUT2D eigenvalue weighted by molar-refractivity contribution is -0.133. The zero-order valence-electron chi connectivity index (χ0n) is 18.6. The highest BCUT2D eigenvalue weighted by molar-refractivity contribution is 6.00. The molecule has 1 atom stereocenters. The van der Waals surface area contributed by atoms with Gasteiger partial charge in [-0.2, -0.15) is 0 Å². The highest BCUT2D eigenvalue weighted by Gasteiger charge is 2.36. The molecule has 0 aliphatic carbocycles. The average Bonchev–Trinajstić information content (AvgIpc) is 3.38. The Kier molecular flexibility index (Phi) is 6.07. The van der Waals surface area contributed by atoms with Gasteiger partial charge in [0.25, 0.3) is 0 Å². The van der Waals surface area contributed by atoms with Gasteiger partial charge in [-0.05, 0) is 25.8 Å². The third kappa shape index (κ3) is 4.15. The molecule has 2 aliphatic heterocycles. The molecule has 1 fully saturated rings. The number of nitrogens with zero attached hydrogens (tertiary/aromatic N) is 4. The maximum atomic E-state index is 12.9. The molecule has 0 saturated carbocycles. The third-order valence-electron chi connectivity index (χ3n) is 5.97. The quantitative estimate of drug-likeness (QED) is 0.737. The van der Waals surface area contributed by atoms with Crippen LogP contribution in [0.1, 0.15) is 48.5 Å². The summed E-state index contributed by atoms with van der Waals surface area (Å²) in [5.74, 6) is 1.41. The van der Waals surface area contributed by atoms with Crippen LogP contribution in [-0.4, -0.2) is 52.8 Å². The molecule has 0 bridgehead atoms. The van der Waals surface area contributed by atoms with E-state index < -0.39 is 0 Å². The average molecular weight is 438 g/mol. The number of hydrogen-bond donors (Lipinski definition) is 1. The summed E-state index contributed by atoms with van der Waals surface area (Å²) in [6, 6.07) is 7.32. The minimum atomic E-state index is -0.274. The number of likely N-dealkylation sites (tertiary alicyclic amines) is 1. The van der Waals surface area contributed by atoms with Crippen molar-refractivity contribution in [2.45, 2.75) is 45.7 Å². The van der Waals surface area contributed by atoms with Gasteiger partial charge in [-0.25, -0.2) is 9.97 Å². The number of hydrogen-bond acceptors (Lipinski definition) is 6. The van der Waals surface area contributed by atoms with Crippen molar-refractivity contribution in [3.05, 3.63) is 46.9 Å². The zero-order valence-corrected chi connectivity index (χ0v) is 18.6. The molecule has 3 heterocycles. The fourth-order valence-electron chi connectivity index (χ4n) is 4.35. The minimum Gasteiger partial charge on any atom is -0.496 e. The van der Waals surface area contributed by atoms with Crippen LogP contribution in [0.15, 0.2) is 24.3 Å². The Morgan fingerprint density at radius 2 is 2.03 bits per heavy atom. The maximum Gasteiger partial charge on any atom is 0.242 e. The molecule has 3 amide bonds. The van der Waals surface area contributed by atoms with Crippen LogP contribution in [0, 0.1) is 6.92 Å². The highest BCUT2D eigenvalue weighted by atomic mass is 16.5. The van der Waals surface area contributed by atoms with Gasteiger partial charge in [-0.1, -0.05) is 18.2 Å². The molecule has 9 heteroatoms. The first-order valence-corrected chi connectivity index (χ1v) is 10.7. The van der Waals surface area contributed by atoms with E-state index >= 15 is 0 Å². The Morgan fingerprint density at radius 3 is 2.78 bits per heavy atom. The number of fused-ring (bicyclic) bond motifs is 1. The largest absolute Gasteiger partial charge is 0.496 e. The number of aromatic nitrogens is 2. The smallest absolute Gasteiger partial charge is 0.242 e. The van der Waals surface area contributed by atoms with Crippen LogP contribution in [0.25, 0.3) is 0 Å². The molecule has 0 unspecified atom stereocenters. The minimum absolute atomic E-state index is 0.0366. The fourth-order valence-corrected chi connectivity index (χ4v) is 4.35. The Bertz CT molecular complexity index is 1070. The van der Waals surface area contributed by atoms with Crippen molar-refractivity contribution < 1.29 is 19.1 Å². The highest BCUT2D eigenvalue weighted by Crippen LogP contribution is 2.36. The molecule has 9 nitrogen and oxygen atoms in total. The van der Waals surface area contributed by atoms with Crippen LogP contribution in [0.4, 0.5) is 5.82 Å². The number of para-hydroxylation sites is 1. The summed E-state index contributed by atoms with van der Waals surface area (Å²) in [5, 5.41) is 2.56. The molecule has 2 aliphatic rings. The van der Waals surface area contributed by atoms with E-state index in [0.717, 1.165) is 29.7 Å². The first kappa shape index (κ1) is 21.7. The third-order valence-corrected chi connectivity index (χ3v) is 5.97. The van der Waals surface area contributed by atoms with Crippen LogP contribution >= 0.6 is 0 Å². The van der Waals surface area contributed by atoms with Gasteiger partial charge in [0.1, 0.15) is 11.6 Å². The molecule has 0 spiro atoms. The van der Waals surface area contributed by atoms with Gasteiger partial charge in [0.05, 0.1) is 32.7 Å². The molecule has 32 heavy (non-hydrogen) atoms. The summed E-state index contributed by atoms with van der Waals surface area (Å²) in [7, 11) is 1.61. The monoisotopic (exact) mass is 437 g/mol. The number of anilines is 1. The van der Waals surface area contributed by atoms with Crippen LogP contribution in [-0.2, 0) is 27.3 Å². The van der Waals surface area contributed by atoms with E-state index in [9.17, 15) is 14.4 Å². The van der Waals surface area contributed by atoms with E-state index in [4.69, 9.17) is 9.72 Å². The second-order valence-electron chi connectivity index (χ2n) is 8.09. The molecule has 168 valence electrons. The number of carbonyl (C=O) groups excluding carboxylic acids is 3. The summed E-state index contributed by atoms with van der Waals surface area (Å²) >= 11 is 0. The molecular weight excluding hydrogens is 410 g/mol. The fraction of sp³-hybridized carbons (Fsp3) is 0.435. The lowest BCUT2D eigenvalue weighted by atomic mass is 10.1. The summed E-state index contributed by atoms with van der Waals surface area (Å²) in [4.78, 5) is 49.5. The van der Waals surface area contributed by atoms with Crippen LogP contribution in [0.5, 0.6) is 5.75 Å². The summed E-state index contributed by atoms with van der Waals surface area (Å²) < 4.78 is 5.44. The van der Waals surface area contributed by atoms with Crippen molar-refractivity contribution in [2.75, 3.05) is 25.1 Å². The van der Waals surface area contributed by atoms with E-state index in [1.54, 1.807) is 16.9 Å². The van der Waals surface area contributed by atoms with Crippen molar-refractivity contribution in [2.24, 2.45) is 0 Å². The molecule has 1 N–H and O–H groups in total. The zero-order chi connectivity index (χ0) is 22.8. The van der Waals surface area contributed by atoms with Crippen LogP contribution in [0.3, 0.4) is 0 Å². The van der Waals surface area contributed by atoms with Gasteiger partial charge in [0.2, 0.25) is 17.7 Å². The lowest BCUT2D eigenvalue weighted by Gasteiger charge is -2.25. The maximum absolute atomic E-state index is 12.9. The topological polar surface area (TPSA) is 105 Å². The number of benzene rings is 1. The predicted octanol–water partition coefficient (Wildman–Crippen LogP) is 1.68. The van der Waals surface area contributed by atoms with Crippen molar-refractivity contribution in [3.8, 4) is 5.75 Å². The van der Waals surface area contributed by atoms with Crippen molar-refractivity contribution in [3.63, 3.8) is 0 Å².